The molecule has 0 atom stereocenters. The van der Waals surface area contributed by atoms with Gasteiger partial charge in [0.15, 0.2) is 11.5 Å². The highest BCUT2D eigenvalue weighted by atomic mass is 16.5. The Balaban J connectivity index is 2.13. The van der Waals surface area contributed by atoms with Crippen LogP contribution in [0.2, 0.25) is 0 Å². The number of rotatable bonds is 8. The fourth-order valence-electron chi connectivity index (χ4n) is 2.65. The Morgan fingerprint density at radius 1 is 1.04 bits per heavy atom. The molecule has 0 aliphatic carbocycles. The van der Waals surface area contributed by atoms with E-state index in [0.717, 1.165) is 18.4 Å². The maximum atomic E-state index is 12.2. The molecule has 0 spiro atoms. The van der Waals surface area contributed by atoms with Gasteiger partial charge in [-0.3, -0.25) is 4.79 Å². The van der Waals surface area contributed by atoms with E-state index in [4.69, 9.17) is 14.2 Å². The van der Waals surface area contributed by atoms with Gasteiger partial charge in [-0.25, -0.2) is 0 Å². The summed E-state index contributed by atoms with van der Waals surface area (Å²) < 4.78 is 15.9. The maximum absolute atomic E-state index is 12.2. The second-order valence-electron chi connectivity index (χ2n) is 5.73. The molecule has 0 fully saturated rings. The number of aryl methyl sites for hydroxylation is 1. The summed E-state index contributed by atoms with van der Waals surface area (Å²) in [5, 5.41) is 2.81. The van der Waals surface area contributed by atoms with E-state index in [-0.39, 0.29) is 5.91 Å². The van der Waals surface area contributed by atoms with E-state index < -0.39 is 0 Å². The molecule has 0 saturated heterocycles. The van der Waals surface area contributed by atoms with Crippen molar-refractivity contribution < 1.29 is 19.0 Å². The lowest BCUT2D eigenvalue weighted by atomic mass is 10.1. The van der Waals surface area contributed by atoms with Crippen LogP contribution in [0.15, 0.2) is 42.5 Å². The zero-order valence-electron chi connectivity index (χ0n) is 15.7. The van der Waals surface area contributed by atoms with Gasteiger partial charge in [0.25, 0.3) is 0 Å². The predicted octanol–water partition coefficient (Wildman–Crippen LogP) is 4.32. The van der Waals surface area contributed by atoms with Crippen LogP contribution in [0.3, 0.4) is 0 Å². The fourth-order valence-corrected chi connectivity index (χ4v) is 2.65. The summed E-state index contributed by atoms with van der Waals surface area (Å²) in [7, 11) is 4.60. The fraction of sp³-hybridized carbons (Fsp3) is 0.286. The van der Waals surface area contributed by atoms with E-state index in [1.807, 2.05) is 12.1 Å². The summed E-state index contributed by atoms with van der Waals surface area (Å²) >= 11 is 0. The minimum absolute atomic E-state index is 0.236. The van der Waals surface area contributed by atoms with Crippen LogP contribution in [0.1, 0.15) is 24.5 Å². The molecule has 2 rings (SSSR count). The molecule has 0 aromatic heterocycles. The molecule has 0 heterocycles. The van der Waals surface area contributed by atoms with E-state index in [2.05, 4.69) is 24.4 Å². The molecule has 0 bridgehead atoms. The van der Waals surface area contributed by atoms with Crippen LogP contribution in [0, 0.1) is 0 Å². The third kappa shape index (κ3) is 5.02. The van der Waals surface area contributed by atoms with E-state index in [9.17, 15) is 4.79 Å². The number of amides is 1. The SMILES string of the molecule is CCCc1cccc(/C=C/C(=O)Nc2cc(OC)c(OC)c(OC)c2)c1. The van der Waals surface area contributed by atoms with E-state index in [1.165, 1.54) is 33.0 Å². The minimum Gasteiger partial charge on any atom is -0.493 e. The number of hydrogen-bond acceptors (Lipinski definition) is 4. The van der Waals surface area contributed by atoms with Gasteiger partial charge in [-0.2, -0.15) is 0 Å². The molecule has 0 aliphatic rings. The van der Waals surface area contributed by atoms with Gasteiger partial charge in [0.05, 0.1) is 21.3 Å². The second-order valence-corrected chi connectivity index (χ2v) is 5.73. The van der Waals surface area contributed by atoms with Crippen molar-refractivity contribution in [3.63, 3.8) is 0 Å². The lowest BCUT2D eigenvalue weighted by molar-refractivity contribution is -0.111. The Labute approximate surface area is 154 Å². The molecule has 5 heteroatoms. The molecule has 2 aromatic carbocycles. The number of ether oxygens (including phenoxy) is 3. The molecule has 0 saturated carbocycles. The number of carbonyl (C=O) groups excluding carboxylic acids is 1. The van der Waals surface area contributed by atoms with Crippen molar-refractivity contribution in [1.29, 1.82) is 0 Å². The largest absolute Gasteiger partial charge is 0.493 e. The van der Waals surface area contributed by atoms with Gasteiger partial charge in [0, 0.05) is 23.9 Å². The lowest BCUT2D eigenvalue weighted by Crippen LogP contribution is -2.08. The van der Waals surface area contributed by atoms with Crippen LogP contribution < -0.4 is 19.5 Å². The number of hydrogen-bond donors (Lipinski definition) is 1. The number of anilines is 1. The third-order valence-electron chi connectivity index (χ3n) is 3.85. The smallest absolute Gasteiger partial charge is 0.248 e. The van der Waals surface area contributed by atoms with Crippen molar-refractivity contribution in [2.75, 3.05) is 26.6 Å². The highest BCUT2D eigenvalue weighted by Crippen LogP contribution is 2.39. The van der Waals surface area contributed by atoms with Crippen molar-refractivity contribution in [3.8, 4) is 17.2 Å². The summed E-state index contributed by atoms with van der Waals surface area (Å²) in [4.78, 5) is 12.2. The Kier molecular flexibility index (Phi) is 7.09. The minimum atomic E-state index is -0.236. The standard InChI is InChI=1S/C21H25NO4/c1-5-7-15-8-6-9-16(12-15)10-11-20(23)22-17-13-18(24-2)21(26-4)19(14-17)25-3/h6,8-14H,5,7H2,1-4H3,(H,22,23)/b11-10+. The van der Waals surface area contributed by atoms with Crippen molar-refractivity contribution in [2.45, 2.75) is 19.8 Å². The Hall–Kier alpha value is -2.95. The van der Waals surface area contributed by atoms with Crippen molar-refractivity contribution in [2.24, 2.45) is 0 Å². The van der Waals surface area contributed by atoms with E-state index in [0.29, 0.717) is 22.9 Å². The number of nitrogens with one attached hydrogen (secondary N) is 1. The first-order valence-corrected chi connectivity index (χ1v) is 8.49. The van der Waals surface area contributed by atoms with Crippen molar-refractivity contribution in [1.82, 2.24) is 0 Å². The average Bonchev–Trinajstić information content (AvgIpc) is 2.66. The number of carbonyl (C=O) groups is 1. The predicted molar refractivity (Wildman–Crippen MR) is 104 cm³/mol. The van der Waals surface area contributed by atoms with Gasteiger partial charge < -0.3 is 19.5 Å². The average molecular weight is 355 g/mol. The first-order chi connectivity index (χ1) is 12.6. The normalized spacial score (nSPS) is 10.6. The van der Waals surface area contributed by atoms with E-state index >= 15 is 0 Å². The van der Waals surface area contributed by atoms with Gasteiger partial charge in [0.2, 0.25) is 11.7 Å². The monoisotopic (exact) mass is 355 g/mol. The molecule has 1 N–H and O–H groups in total. The molecule has 5 nitrogen and oxygen atoms in total. The molecule has 0 aliphatic heterocycles. The first-order valence-electron chi connectivity index (χ1n) is 8.49. The number of benzene rings is 2. The molecule has 1 amide bonds. The second kappa shape index (κ2) is 9.51. The topological polar surface area (TPSA) is 56.8 Å². The zero-order valence-corrected chi connectivity index (χ0v) is 15.7. The molecule has 2 aromatic rings. The highest BCUT2D eigenvalue weighted by molar-refractivity contribution is 6.02. The Morgan fingerprint density at radius 2 is 1.73 bits per heavy atom. The lowest BCUT2D eigenvalue weighted by Gasteiger charge is -2.14. The van der Waals surface area contributed by atoms with Gasteiger partial charge in [0.1, 0.15) is 0 Å². The van der Waals surface area contributed by atoms with Gasteiger partial charge in [-0.1, -0.05) is 37.6 Å². The Morgan fingerprint density at radius 3 is 2.31 bits per heavy atom. The molecular formula is C21H25NO4. The van der Waals surface area contributed by atoms with Gasteiger partial charge >= 0.3 is 0 Å². The summed E-state index contributed by atoms with van der Waals surface area (Å²) in [6.45, 7) is 2.15. The quantitative estimate of drug-likeness (QED) is 0.717. The Bertz CT molecular complexity index is 758. The van der Waals surface area contributed by atoms with Gasteiger partial charge in [-0.05, 0) is 23.6 Å². The molecular weight excluding hydrogens is 330 g/mol. The summed E-state index contributed by atoms with van der Waals surface area (Å²) in [5.74, 6) is 1.22. The zero-order chi connectivity index (χ0) is 18.9. The highest BCUT2D eigenvalue weighted by Gasteiger charge is 2.13. The molecule has 138 valence electrons. The third-order valence-corrected chi connectivity index (χ3v) is 3.85. The molecule has 0 radical (unpaired) electrons. The maximum Gasteiger partial charge on any atom is 0.248 e. The summed E-state index contributed by atoms with van der Waals surface area (Å²) in [6, 6.07) is 11.5. The van der Waals surface area contributed by atoms with Crippen LogP contribution in [0.5, 0.6) is 17.2 Å². The first kappa shape index (κ1) is 19.4. The van der Waals surface area contributed by atoms with Crippen LogP contribution in [-0.2, 0) is 11.2 Å². The van der Waals surface area contributed by atoms with Crippen LogP contribution in [0.25, 0.3) is 6.08 Å². The van der Waals surface area contributed by atoms with Crippen LogP contribution in [-0.4, -0.2) is 27.2 Å². The molecule has 26 heavy (non-hydrogen) atoms. The number of methoxy groups -OCH3 is 3. The van der Waals surface area contributed by atoms with Crippen LogP contribution in [0.4, 0.5) is 5.69 Å². The summed E-state index contributed by atoms with van der Waals surface area (Å²) in [6.07, 6.45) is 5.43. The summed E-state index contributed by atoms with van der Waals surface area (Å²) in [5.41, 5.74) is 2.82. The van der Waals surface area contributed by atoms with Gasteiger partial charge in [-0.15, -0.1) is 0 Å². The van der Waals surface area contributed by atoms with Crippen molar-refractivity contribution >= 4 is 17.7 Å². The van der Waals surface area contributed by atoms with Crippen molar-refractivity contribution in [3.05, 3.63) is 53.6 Å². The van der Waals surface area contributed by atoms with Crippen LogP contribution >= 0.6 is 0 Å². The van der Waals surface area contributed by atoms with E-state index in [1.54, 1.807) is 18.2 Å². The molecule has 0 unspecified atom stereocenters.